The van der Waals surface area contributed by atoms with Crippen molar-refractivity contribution in [3.05, 3.63) is 0 Å². The normalized spacial score (nSPS) is 12.8. The molecule has 0 aromatic heterocycles. The van der Waals surface area contributed by atoms with Crippen LogP contribution in [0.3, 0.4) is 0 Å². The minimum atomic E-state index is -0.398. The molecular weight excluding hydrogens is 182 g/mol. The number of nitriles is 1. The van der Waals surface area contributed by atoms with Gasteiger partial charge in [-0.1, -0.05) is 29.8 Å². The third-order valence-corrected chi connectivity index (χ3v) is 2.42. The van der Waals surface area contributed by atoms with Gasteiger partial charge in [-0.25, -0.2) is 0 Å². The maximum atomic E-state index is 10.5. The van der Waals surface area contributed by atoms with Gasteiger partial charge in [0.25, 0.3) is 0 Å². The Bertz CT molecular complexity index is 148. The SMILES string of the molecule is CC(C)C(Br)C(=O)C#N. The van der Waals surface area contributed by atoms with Gasteiger partial charge in [0.1, 0.15) is 6.07 Å². The Morgan fingerprint density at radius 2 is 2.11 bits per heavy atom. The van der Waals surface area contributed by atoms with Crippen molar-refractivity contribution in [2.24, 2.45) is 5.92 Å². The van der Waals surface area contributed by atoms with E-state index in [1.807, 2.05) is 13.8 Å². The summed E-state index contributed by atoms with van der Waals surface area (Å²) >= 11 is 3.10. The Kier molecular flexibility index (Phi) is 3.48. The van der Waals surface area contributed by atoms with E-state index in [0.717, 1.165) is 0 Å². The predicted molar refractivity (Wildman–Crippen MR) is 38.2 cm³/mol. The van der Waals surface area contributed by atoms with E-state index in [1.165, 1.54) is 0 Å². The van der Waals surface area contributed by atoms with Gasteiger partial charge in [-0.05, 0) is 5.92 Å². The lowest BCUT2D eigenvalue weighted by molar-refractivity contribution is -0.113. The van der Waals surface area contributed by atoms with Crippen LogP contribution in [0.1, 0.15) is 13.8 Å². The quantitative estimate of drug-likeness (QED) is 0.489. The predicted octanol–water partition coefficient (Wildman–Crippen LogP) is 1.50. The van der Waals surface area contributed by atoms with Gasteiger partial charge in [0.15, 0.2) is 0 Å². The number of Topliss-reactive ketones (excluding diaryl/α,β-unsaturated/α-hetero) is 1. The first-order valence-corrected chi connectivity index (χ1v) is 3.59. The molecule has 2 nitrogen and oxygen atoms in total. The van der Waals surface area contributed by atoms with Crippen LogP contribution in [0.25, 0.3) is 0 Å². The molecule has 0 rings (SSSR count). The van der Waals surface area contributed by atoms with Crippen molar-refractivity contribution in [3.8, 4) is 6.07 Å². The summed E-state index contributed by atoms with van der Waals surface area (Å²) < 4.78 is 0. The van der Waals surface area contributed by atoms with Crippen molar-refractivity contribution in [2.45, 2.75) is 18.7 Å². The molecule has 0 aliphatic rings. The van der Waals surface area contributed by atoms with Crippen molar-refractivity contribution in [2.75, 3.05) is 0 Å². The second kappa shape index (κ2) is 3.62. The van der Waals surface area contributed by atoms with Gasteiger partial charge < -0.3 is 0 Å². The molecule has 0 N–H and O–H groups in total. The van der Waals surface area contributed by atoms with Crippen LogP contribution >= 0.6 is 15.9 Å². The van der Waals surface area contributed by atoms with Gasteiger partial charge in [-0.15, -0.1) is 0 Å². The number of rotatable bonds is 2. The number of halogens is 1. The molecule has 1 unspecified atom stereocenters. The third-order valence-electron chi connectivity index (χ3n) is 0.946. The van der Waals surface area contributed by atoms with Gasteiger partial charge in [-0.2, -0.15) is 5.26 Å². The largest absolute Gasteiger partial charge is 0.281 e. The zero-order chi connectivity index (χ0) is 7.44. The molecule has 0 aromatic carbocycles. The summed E-state index contributed by atoms with van der Waals surface area (Å²) in [4.78, 5) is 10.2. The van der Waals surface area contributed by atoms with Crippen molar-refractivity contribution < 1.29 is 4.79 Å². The molecule has 0 saturated carbocycles. The van der Waals surface area contributed by atoms with E-state index in [4.69, 9.17) is 5.26 Å². The lowest BCUT2D eigenvalue weighted by Gasteiger charge is -2.05. The van der Waals surface area contributed by atoms with E-state index in [1.54, 1.807) is 6.07 Å². The van der Waals surface area contributed by atoms with Crippen LogP contribution in [0, 0.1) is 17.2 Å². The Labute approximate surface area is 63.0 Å². The maximum absolute atomic E-state index is 10.5. The Morgan fingerprint density at radius 1 is 1.67 bits per heavy atom. The third kappa shape index (κ3) is 2.62. The summed E-state index contributed by atoms with van der Waals surface area (Å²) in [5.74, 6) is -0.206. The smallest absolute Gasteiger partial charge is 0.245 e. The lowest BCUT2D eigenvalue weighted by atomic mass is 10.1. The topological polar surface area (TPSA) is 40.9 Å². The summed E-state index contributed by atoms with van der Waals surface area (Å²) in [6.45, 7) is 3.77. The highest BCUT2D eigenvalue weighted by Gasteiger charge is 2.16. The molecule has 0 bridgehead atoms. The maximum Gasteiger partial charge on any atom is 0.245 e. The second-order valence-electron chi connectivity index (χ2n) is 2.12. The van der Waals surface area contributed by atoms with E-state index in [-0.39, 0.29) is 10.7 Å². The van der Waals surface area contributed by atoms with E-state index >= 15 is 0 Å². The van der Waals surface area contributed by atoms with E-state index in [9.17, 15) is 4.79 Å². The monoisotopic (exact) mass is 189 g/mol. The number of nitrogens with zero attached hydrogens (tertiary/aromatic N) is 1. The number of carbonyl (C=O) groups excluding carboxylic acids is 1. The molecule has 0 heterocycles. The molecule has 50 valence electrons. The number of ketones is 1. The van der Waals surface area contributed by atoms with Crippen LogP contribution < -0.4 is 0 Å². The lowest BCUT2D eigenvalue weighted by Crippen LogP contribution is -2.17. The fraction of sp³-hybridized carbons (Fsp3) is 0.667. The second-order valence-corrected chi connectivity index (χ2v) is 3.11. The molecule has 0 spiro atoms. The molecule has 0 saturated heterocycles. The fourth-order valence-corrected chi connectivity index (χ4v) is 0.467. The van der Waals surface area contributed by atoms with Crippen LogP contribution in [0.15, 0.2) is 0 Å². The highest BCUT2D eigenvalue weighted by Crippen LogP contribution is 2.11. The summed E-state index contributed by atoms with van der Waals surface area (Å²) in [5.41, 5.74) is 0. The first-order chi connectivity index (χ1) is 4.09. The molecule has 0 amide bonds. The van der Waals surface area contributed by atoms with Crippen LogP contribution in [-0.4, -0.2) is 10.6 Å². The number of alkyl halides is 1. The first kappa shape index (κ1) is 8.64. The van der Waals surface area contributed by atoms with Crippen LogP contribution in [0.5, 0.6) is 0 Å². The molecule has 3 heteroatoms. The first-order valence-electron chi connectivity index (χ1n) is 2.67. The van der Waals surface area contributed by atoms with Crippen molar-refractivity contribution in [3.63, 3.8) is 0 Å². The van der Waals surface area contributed by atoms with Crippen LogP contribution in [0.2, 0.25) is 0 Å². The van der Waals surface area contributed by atoms with Gasteiger partial charge in [0.2, 0.25) is 5.78 Å². The van der Waals surface area contributed by atoms with Crippen LogP contribution in [-0.2, 0) is 4.79 Å². The Balaban J connectivity index is 3.92. The molecule has 0 aromatic rings. The number of carbonyl (C=O) groups is 1. The standard InChI is InChI=1S/C6H8BrNO/c1-4(2)6(7)5(9)3-8/h4,6H,1-2H3. The van der Waals surface area contributed by atoms with Gasteiger partial charge >= 0.3 is 0 Å². The summed E-state index contributed by atoms with van der Waals surface area (Å²) in [7, 11) is 0. The zero-order valence-corrected chi connectivity index (χ0v) is 6.97. The summed E-state index contributed by atoms with van der Waals surface area (Å²) in [5, 5.41) is 8.12. The number of hydrogen-bond acceptors (Lipinski definition) is 2. The number of hydrogen-bond donors (Lipinski definition) is 0. The molecular formula is C6H8BrNO. The van der Waals surface area contributed by atoms with Gasteiger partial charge in [-0.3, -0.25) is 4.79 Å². The van der Waals surface area contributed by atoms with Crippen LogP contribution in [0.4, 0.5) is 0 Å². The minimum Gasteiger partial charge on any atom is -0.281 e. The molecule has 1 atom stereocenters. The van der Waals surface area contributed by atoms with Crippen molar-refractivity contribution in [1.82, 2.24) is 0 Å². The molecule has 9 heavy (non-hydrogen) atoms. The highest BCUT2D eigenvalue weighted by molar-refractivity contribution is 9.10. The highest BCUT2D eigenvalue weighted by atomic mass is 79.9. The summed E-state index contributed by atoms with van der Waals surface area (Å²) in [6, 6.07) is 1.56. The molecule has 0 aliphatic heterocycles. The Hall–Kier alpha value is -0.360. The molecule has 0 fully saturated rings. The van der Waals surface area contributed by atoms with E-state index < -0.39 is 5.78 Å². The van der Waals surface area contributed by atoms with Gasteiger partial charge in [0, 0.05) is 0 Å². The van der Waals surface area contributed by atoms with Crippen molar-refractivity contribution in [1.29, 1.82) is 5.26 Å². The minimum absolute atomic E-state index is 0.192. The average Bonchev–Trinajstić information content (AvgIpc) is 1.84. The fourth-order valence-electron chi connectivity index (χ4n) is 0.364. The van der Waals surface area contributed by atoms with Crippen molar-refractivity contribution >= 4 is 21.7 Å². The molecule has 0 radical (unpaired) electrons. The van der Waals surface area contributed by atoms with E-state index in [2.05, 4.69) is 15.9 Å². The molecule has 0 aliphatic carbocycles. The summed E-state index contributed by atoms with van der Waals surface area (Å²) in [6.07, 6.45) is 0. The van der Waals surface area contributed by atoms with E-state index in [0.29, 0.717) is 0 Å². The average molecular weight is 190 g/mol. The Morgan fingerprint density at radius 3 is 2.22 bits per heavy atom. The van der Waals surface area contributed by atoms with Gasteiger partial charge in [0.05, 0.1) is 4.83 Å². The zero-order valence-electron chi connectivity index (χ0n) is 5.39.